The second-order valence-corrected chi connectivity index (χ2v) is 10.9. The van der Waals surface area contributed by atoms with Crippen LogP contribution in [-0.2, 0) is 9.53 Å². The Morgan fingerprint density at radius 1 is 1.23 bits per heavy atom. The Kier molecular flexibility index (Phi) is 8.97. The molecule has 1 amide bonds. The van der Waals surface area contributed by atoms with E-state index in [4.69, 9.17) is 21.9 Å². The standard InChI is InChI=1S/C26H34N4O3S2/c1-3-4-5-6-7-8-13-29-25(32)21(35-26(29)34)15-20-23(27-16-19-10-9-14-33-19)28-22-12-11-18(2)17-30(22)24(20)31/h11-12,15,17,19,27H,3-10,13-14,16H2,1-2H3/b21-15+. The molecule has 4 heterocycles. The summed E-state index contributed by atoms with van der Waals surface area (Å²) in [5, 5.41) is 3.31. The van der Waals surface area contributed by atoms with Gasteiger partial charge >= 0.3 is 0 Å². The van der Waals surface area contributed by atoms with Gasteiger partial charge in [-0.1, -0.05) is 69.1 Å². The number of pyridine rings is 1. The number of carbonyl (C=O) groups is 1. The molecule has 1 N–H and O–H groups in total. The number of thioether (sulfide) groups is 1. The molecule has 0 aliphatic carbocycles. The van der Waals surface area contributed by atoms with Crippen molar-refractivity contribution in [3.05, 3.63) is 44.7 Å². The van der Waals surface area contributed by atoms with Crippen molar-refractivity contribution >= 4 is 51.7 Å². The number of hydrogen-bond donors (Lipinski definition) is 1. The van der Waals surface area contributed by atoms with Crippen LogP contribution in [0.1, 0.15) is 69.4 Å². The Labute approximate surface area is 216 Å². The molecule has 2 saturated heterocycles. The molecule has 0 radical (unpaired) electrons. The summed E-state index contributed by atoms with van der Waals surface area (Å²) in [6, 6.07) is 3.76. The van der Waals surface area contributed by atoms with Gasteiger partial charge in [-0.25, -0.2) is 4.98 Å². The molecule has 2 aliphatic rings. The topological polar surface area (TPSA) is 75.9 Å². The highest BCUT2D eigenvalue weighted by Crippen LogP contribution is 2.33. The molecule has 2 aromatic heterocycles. The molecule has 4 rings (SSSR count). The van der Waals surface area contributed by atoms with Gasteiger partial charge in [0.25, 0.3) is 11.5 Å². The minimum atomic E-state index is -0.213. The van der Waals surface area contributed by atoms with Crippen LogP contribution in [0.5, 0.6) is 0 Å². The van der Waals surface area contributed by atoms with Gasteiger partial charge in [-0.05, 0) is 43.9 Å². The van der Waals surface area contributed by atoms with Crippen LogP contribution >= 0.6 is 24.0 Å². The maximum atomic E-state index is 13.5. The quantitative estimate of drug-likeness (QED) is 0.252. The summed E-state index contributed by atoms with van der Waals surface area (Å²) in [4.78, 5) is 33.5. The number of anilines is 1. The van der Waals surface area contributed by atoms with E-state index < -0.39 is 0 Å². The third-order valence-corrected chi connectivity index (χ3v) is 7.79. The summed E-state index contributed by atoms with van der Waals surface area (Å²) in [6.45, 7) is 6.07. The molecular weight excluding hydrogens is 480 g/mol. The molecule has 9 heteroatoms. The first-order valence-electron chi connectivity index (χ1n) is 12.6. The first kappa shape index (κ1) is 25.9. The van der Waals surface area contributed by atoms with E-state index in [2.05, 4.69) is 12.2 Å². The van der Waals surface area contributed by atoms with E-state index in [0.29, 0.717) is 39.3 Å². The SMILES string of the molecule is CCCCCCCCN1C(=O)/C(=C\c2c(NCC3CCCO3)nc3ccc(C)cn3c2=O)SC1=S. The normalized spacial score (nSPS) is 19.4. The Hall–Kier alpha value is -2.23. The molecule has 1 unspecified atom stereocenters. The molecule has 2 aliphatic heterocycles. The average molecular weight is 515 g/mol. The summed E-state index contributed by atoms with van der Waals surface area (Å²) in [5.41, 5.74) is 1.67. The van der Waals surface area contributed by atoms with E-state index in [0.717, 1.165) is 37.9 Å². The Bertz CT molecular complexity index is 1170. The lowest BCUT2D eigenvalue weighted by Gasteiger charge is -2.15. The number of aryl methyl sites for hydroxylation is 1. The zero-order valence-electron chi connectivity index (χ0n) is 20.5. The fourth-order valence-electron chi connectivity index (χ4n) is 4.41. The molecule has 0 spiro atoms. The number of carbonyl (C=O) groups excluding carboxylic acids is 1. The average Bonchev–Trinajstić information content (AvgIpc) is 3.46. The summed E-state index contributed by atoms with van der Waals surface area (Å²) in [5.74, 6) is 0.336. The van der Waals surface area contributed by atoms with Crippen molar-refractivity contribution in [3.8, 4) is 0 Å². The minimum absolute atomic E-state index is 0.0941. The van der Waals surface area contributed by atoms with Gasteiger partial charge in [-0.3, -0.25) is 18.9 Å². The van der Waals surface area contributed by atoms with E-state index in [-0.39, 0.29) is 17.6 Å². The van der Waals surface area contributed by atoms with Gasteiger partial charge < -0.3 is 10.1 Å². The summed E-state index contributed by atoms with van der Waals surface area (Å²) < 4.78 is 7.81. The number of aromatic nitrogens is 2. The second-order valence-electron chi connectivity index (χ2n) is 9.23. The van der Waals surface area contributed by atoms with Gasteiger partial charge in [-0.15, -0.1) is 0 Å². The molecule has 0 saturated carbocycles. The van der Waals surface area contributed by atoms with Gasteiger partial charge in [0, 0.05) is 25.9 Å². The smallest absolute Gasteiger partial charge is 0.267 e. The highest BCUT2D eigenvalue weighted by atomic mass is 32.2. The van der Waals surface area contributed by atoms with Gasteiger partial charge in [-0.2, -0.15) is 0 Å². The van der Waals surface area contributed by atoms with Crippen molar-refractivity contribution in [2.45, 2.75) is 71.3 Å². The number of nitrogens with zero attached hydrogens (tertiary/aromatic N) is 3. The zero-order valence-corrected chi connectivity index (χ0v) is 22.2. The molecule has 7 nitrogen and oxygen atoms in total. The predicted octanol–water partition coefficient (Wildman–Crippen LogP) is 5.16. The maximum Gasteiger partial charge on any atom is 0.267 e. The lowest BCUT2D eigenvalue weighted by Crippen LogP contribution is -2.29. The van der Waals surface area contributed by atoms with Crippen molar-refractivity contribution in [2.24, 2.45) is 0 Å². The number of unbranched alkanes of at least 4 members (excludes halogenated alkanes) is 5. The van der Waals surface area contributed by atoms with Crippen molar-refractivity contribution in [1.82, 2.24) is 14.3 Å². The van der Waals surface area contributed by atoms with E-state index >= 15 is 0 Å². The van der Waals surface area contributed by atoms with Crippen LogP contribution in [0.3, 0.4) is 0 Å². The lowest BCUT2D eigenvalue weighted by atomic mass is 10.1. The summed E-state index contributed by atoms with van der Waals surface area (Å²) >= 11 is 6.77. The lowest BCUT2D eigenvalue weighted by molar-refractivity contribution is -0.122. The number of fused-ring (bicyclic) bond motifs is 1. The van der Waals surface area contributed by atoms with E-state index in [1.165, 1.54) is 41.8 Å². The van der Waals surface area contributed by atoms with Crippen LogP contribution in [0.15, 0.2) is 28.0 Å². The molecule has 188 valence electrons. The Morgan fingerprint density at radius 2 is 2.03 bits per heavy atom. The molecule has 1 atom stereocenters. The van der Waals surface area contributed by atoms with Crippen LogP contribution < -0.4 is 10.9 Å². The van der Waals surface area contributed by atoms with Crippen LogP contribution in [0.2, 0.25) is 0 Å². The fourth-order valence-corrected chi connectivity index (χ4v) is 5.70. The molecule has 2 fully saturated rings. The number of hydrogen-bond acceptors (Lipinski definition) is 7. The Balaban J connectivity index is 1.57. The summed E-state index contributed by atoms with van der Waals surface area (Å²) in [7, 11) is 0. The number of ether oxygens (including phenoxy) is 1. The van der Waals surface area contributed by atoms with E-state index in [1.807, 2.05) is 19.1 Å². The number of thiocarbonyl (C=S) groups is 1. The van der Waals surface area contributed by atoms with Crippen molar-refractivity contribution in [1.29, 1.82) is 0 Å². The second kappa shape index (κ2) is 12.1. The van der Waals surface area contributed by atoms with Gasteiger partial charge in [0.2, 0.25) is 0 Å². The van der Waals surface area contributed by atoms with Crippen LogP contribution in [-0.4, -0.2) is 50.3 Å². The molecule has 35 heavy (non-hydrogen) atoms. The first-order chi connectivity index (χ1) is 17.0. The third kappa shape index (κ3) is 6.32. The molecule has 2 aromatic rings. The van der Waals surface area contributed by atoms with Crippen molar-refractivity contribution in [2.75, 3.05) is 25.0 Å². The van der Waals surface area contributed by atoms with Crippen molar-refractivity contribution in [3.63, 3.8) is 0 Å². The fraction of sp³-hybridized carbons (Fsp3) is 0.538. The van der Waals surface area contributed by atoms with Gasteiger partial charge in [0.1, 0.15) is 15.8 Å². The molecule has 0 aromatic carbocycles. The van der Waals surface area contributed by atoms with Crippen molar-refractivity contribution < 1.29 is 9.53 Å². The van der Waals surface area contributed by atoms with E-state index in [1.54, 1.807) is 17.2 Å². The first-order valence-corrected chi connectivity index (χ1v) is 13.8. The largest absolute Gasteiger partial charge is 0.376 e. The Morgan fingerprint density at radius 3 is 2.80 bits per heavy atom. The minimum Gasteiger partial charge on any atom is -0.376 e. The number of rotatable bonds is 11. The molecular formula is C26H34N4O3S2. The van der Waals surface area contributed by atoms with Gasteiger partial charge in [0.05, 0.1) is 16.6 Å². The number of amides is 1. The number of nitrogens with one attached hydrogen (secondary N) is 1. The molecule has 0 bridgehead atoms. The summed E-state index contributed by atoms with van der Waals surface area (Å²) in [6.07, 6.45) is 12.4. The van der Waals surface area contributed by atoms with E-state index in [9.17, 15) is 9.59 Å². The monoisotopic (exact) mass is 514 g/mol. The highest BCUT2D eigenvalue weighted by molar-refractivity contribution is 8.26. The van der Waals surface area contributed by atoms with Crippen LogP contribution in [0.4, 0.5) is 5.82 Å². The van der Waals surface area contributed by atoms with Crippen LogP contribution in [0, 0.1) is 6.92 Å². The zero-order chi connectivity index (χ0) is 24.8. The maximum absolute atomic E-state index is 13.5. The highest BCUT2D eigenvalue weighted by Gasteiger charge is 2.32. The third-order valence-electron chi connectivity index (χ3n) is 6.41. The van der Waals surface area contributed by atoms with Crippen LogP contribution in [0.25, 0.3) is 11.7 Å². The van der Waals surface area contributed by atoms with Gasteiger partial charge in [0.15, 0.2) is 0 Å². The predicted molar refractivity (Wildman–Crippen MR) is 147 cm³/mol.